The molecule has 17 heavy (non-hydrogen) atoms. The molecule has 1 aromatic carbocycles. The maximum absolute atomic E-state index is 6.33. The highest BCUT2D eigenvalue weighted by atomic mass is 35.5. The Morgan fingerprint density at radius 1 is 1.29 bits per heavy atom. The van der Waals surface area contributed by atoms with E-state index in [0.717, 1.165) is 10.9 Å². The minimum absolute atomic E-state index is 0.101. The molecule has 0 nitrogen and oxygen atoms in total. The van der Waals surface area contributed by atoms with Crippen LogP contribution in [0.4, 0.5) is 0 Å². The van der Waals surface area contributed by atoms with Crippen LogP contribution in [0.15, 0.2) is 35.7 Å². The third-order valence-electron chi connectivity index (χ3n) is 3.05. The quantitative estimate of drug-likeness (QED) is 0.443. The Labute approximate surface area is 118 Å². The van der Waals surface area contributed by atoms with Crippen LogP contribution in [0, 0.1) is 0 Å². The molecule has 1 aliphatic heterocycles. The first kappa shape index (κ1) is 13.4. The van der Waals surface area contributed by atoms with E-state index in [-0.39, 0.29) is 5.12 Å². The molecule has 90 valence electrons. The molecule has 0 radical (unpaired) electrons. The van der Waals surface area contributed by atoms with Crippen molar-refractivity contribution in [1.29, 1.82) is 0 Å². The van der Waals surface area contributed by atoms with Gasteiger partial charge < -0.3 is 0 Å². The van der Waals surface area contributed by atoms with E-state index in [9.17, 15) is 0 Å². The first-order valence-electron chi connectivity index (χ1n) is 5.18. The van der Waals surface area contributed by atoms with Gasteiger partial charge in [0.05, 0.1) is 5.12 Å². The summed E-state index contributed by atoms with van der Waals surface area (Å²) < 4.78 is 0. The van der Waals surface area contributed by atoms with E-state index in [4.69, 9.17) is 34.8 Å². The molecule has 4 heteroatoms. The molecule has 0 aromatic heterocycles. The first-order valence-corrected chi connectivity index (χ1v) is 7.79. The van der Waals surface area contributed by atoms with Gasteiger partial charge in [-0.05, 0) is 50.1 Å². The summed E-state index contributed by atoms with van der Waals surface area (Å²) in [4.78, 5) is 0. The van der Waals surface area contributed by atoms with Gasteiger partial charge in [0.15, 0.2) is 0 Å². The molecule has 0 fully saturated rings. The summed E-state index contributed by atoms with van der Waals surface area (Å²) in [7, 11) is -0.500. The van der Waals surface area contributed by atoms with Crippen molar-refractivity contribution in [2.45, 2.75) is 19.0 Å². The molecular formula is C13H12Cl3P. The average Bonchev–Trinajstić information content (AvgIpc) is 2.28. The van der Waals surface area contributed by atoms with Crippen molar-refractivity contribution in [3.05, 3.63) is 51.3 Å². The van der Waals surface area contributed by atoms with Gasteiger partial charge in [-0.1, -0.05) is 35.8 Å². The molecule has 1 heterocycles. The zero-order valence-electron chi connectivity index (χ0n) is 9.60. The fraction of sp³-hybridized carbons (Fsp3) is 0.231. The largest absolute Gasteiger partial charge is 0.112 e. The van der Waals surface area contributed by atoms with Crippen LogP contribution in [0.1, 0.15) is 19.4 Å². The molecule has 0 spiro atoms. The minimum atomic E-state index is -0.500. The van der Waals surface area contributed by atoms with E-state index < -0.39 is 7.92 Å². The van der Waals surface area contributed by atoms with Crippen LogP contribution >= 0.6 is 42.7 Å². The van der Waals surface area contributed by atoms with Crippen LogP contribution in [-0.4, -0.2) is 5.12 Å². The maximum Gasteiger partial charge on any atom is 0.0823 e. The van der Waals surface area contributed by atoms with Crippen molar-refractivity contribution in [2.75, 3.05) is 0 Å². The molecule has 2 rings (SSSR count). The molecule has 0 amide bonds. The van der Waals surface area contributed by atoms with Crippen molar-refractivity contribution < 1.29 is 0 Å². The number of benzene rings is 1. The van der Waals surface area contributed by atoms with E-state index in [2.05, 4.69) is 20.4 Å². The Kier molecular flexibility index (Phi) is 3.90. The Bertz CT molecular complexity index is 519. The van der Waals surface area contributed by atoms with Gasteiger partial charge in [0.25, 0.3) is 0 Å². The highest BCUT2D eigenvalue weighted by molar-refractivity contribution is 7.76. The van der Waals surface area contributed by atoms with Gasteiger partial charge in [0.1, 0.15) is 0 Å². The monoisotopic (exact) mass is 304 g/mol. The lowest BCUT2D eigenvalue weighted by atomic mass is 10.2. The molecule has 0 bridgehead atoms. The van der Waals surface area contributed by atoms with Crippen molar-refractivity contribution >= 4 is 48.0 Å². The van der Waals surface area contributed by atoms with Crippen molar-refractivity contribution in [2.24, 2.45) is 0 Å². The lowest BCUT2D eigenvalue weighted by Gasteiger charge is -2.37. The lowest BCUT2D eigenvalue weighted by molar-refractivity contribution is 1.22. The van der Waals surface area contributed by atoms with E-state index in [0.29, 0.717) is 10.0 Å². The maximum atomic E-state index is 6.33. The van der Waals surface area contributed by atoms with Crippen LogP contribution in [0.5, 0.6) is 0 Å². The third kappa shape index (κ3) is 2.29. The Morgan fingerprint density at radius 2 is 1.94 bits per heavy atom. The first-order chi connectivity index (χ1) is 7.93. The second kappa shape index (κ2) is 4.94. The van der Waals surface area contributed by atoms with E-state index in [1.165, 1.54) is 10.9 Å². The summed E-state index contributed by atoms with van der Waals surface area (Å²) in [6.07, 6.45) is 0. The van der Waals surface area contributed by atoms with Crippen molar-refractivity contribution in [3.63, 3.8) is 0 Å². The fourth-order valence-electron chi connectivity index (χ4n) is 1.85. The normalized spacial score (nSPS) is 23.6. The Morgan fingerprint density at radius 3 is 2.47 bits per heavy atom. The van der Waals surface area contributed by atoms with E-state index in [1.54, 1.807) is 6.07 Å². The molecule has 1 aliphatic rings. The second-order valence-corrected chi connectivity index (χ2v) is 8.10. The number of hydrogen-bond acceptors (Lipinski definition) is 0. The van der Waals surface area contributed by atoms with Gasteiger partial charge in [-0.25, -0.2) is 0 Å². The summed E-state index contributed by atoms with van der Waals surface area (Å²) in [6.45, 7) is 8.35. The van der Waals surface area contributed by atoms with Crippen molar-refractivity contribution in [1.82, 2.24) is 0 Å². The van der Waals surface area contributed by atoms with Crippen LogP contribution < -0.4 is 0 Å². The molecular weight excluding hydrogens is 293 g/mol. The summed E-state index contributed by atoms with van der Waals surface area (Å²) in [6, 6.07) is 5.49. The van der Waals surface area contributed by atoms with Gasteiger partial charge in [0, 0.05) is 15.6 Å². The highest BCUT2D eigenvalue weighted by Gasteiger charge is 2.36. The van der Waals surface area contributed by atoms with Crippen LogP contribution in [0.25, 0.3) is 5.31 Å². The number of halogens is 3. The van der Waals surface area contributed by atoms with Crippen LogP contribution in [0.3, 0.4) is 0 Å². The summed E-state index contributed by atoms with van der Waals surface area (Å²) in [5, 5.41) is 3.77. The minimum Gasteiger partial charge on any atom is -0.112 e. The highest BCUT2D eigenvalue weighted by Crippen LogP contribution is 2.71. The van der Waals surface area contributed by atoms with Crippen molar-refractivity contribution in [3.8, 4) is 0 Å². The van der Waals surface area contributed by atoms with E-state index in [1.807, 2.05) is 12.1 Å². The standard InChI is InChI=1S/C13H12Cl3P/c1-7-8(2)17(13(7)16)9(3)11-5-4-10(14)6-12(11)15/h4-6,13H,3H2,1-2H3. The molecule has 2 atom stereocenters. The predicted octanol–water partition coefficient (Wildman–Crippen LogP) is 6.32. The number of hydrogen-bond donors (Lipinski definition) is 0. The zero-order valence-corrected chi connectivity index (χ0v) is 12.8. The average molecular weight is 306 g/mol. The Hall–Kier alpha value is -0.000000000000000167. The Balaban J connectivity index is 2.34. The van der Waals surface area contributed by atoms with Gasteiger partial charge >= 0.3 is 0 Å². The number of alkyl halides is 1. The number of allylic oxidation sites excluding steroid dienone is 2. The SMILES string of the molecule is C=C(c1ccc(Cl)cc1Cl)P1C(C)=C(C)C1Cl. The van der Waals surface area contributed by atoms with Crippen LogP contribution in [-0.2, 0) is 0 Å². The molecule has 0 aliphatic carbocycles. The molecule has 1 aromatic rings. The van der Waals surface area contributed by atoms with Gasteiger partial charge in [-0.2, -0.15) is 0 Å². The summed E-state index contributed by atoms with van der Waals surface area (Å²) >= 11 is 18.4. The zero-order chi connectivity index (χ0) is 12.7. The molecule has 0 N–H and O–H groups in total. The lowest BCUT2D eigenvalue weighted by Crippen LogP contribution is -2.12. The van der Waals surface area contributed by atoms with Gasteiger partial charge in [-0.15, -0.1) is 11.6 Å². The fourth-order valence-corrected chi connectivity index (χ4v) is 5.83. The van der Waals surface area contributed by atoms with E-state index >= 15 is 0 Å². The summed E-state index contributed by atoms with van der Waals surface area (Å²) in [5.74, 6) is 0. The smallest absolute Gasteiger partial charge is 0.0823 e. The molecule has 2 unspecified atom stereocenters. The van der Waals surface area contributed by atoms with Gasteiger partial charge in [-0.3, -0.25) is 0 Å². The topological polar surface area (TPSA) is 0 Å². The molecule has 0 saturated heterocycles. The number of rotatable bonds is 2. The van der Waals surface area contributed by atoms with Crippen LogP contribution in [0.2, 0.25) is 10.0 Å². The second-order valence-electron chi connectivity index (χ2n) is 4.05. The third-order valence-corrected chi connectivity index (χ3v) is 7.25. The summed E-state index contributed by atoms with van der Waals surface area (Å²) in [5.41, 5.74) is 2.23. The molecule has 0 saturated carbocycles. The predicted molar refractivity (Wildman–Crippen MR) is 80.4 cm³/mol. The van der Waals surface area contributed by atoms with Gasteiger partial charge in [0.2, 0.25) is 0 Å².